The Morgan fingerprint density at radius 3 is 2.65 bits per heavy atom. The predicted molar refractivity (Wildman–Crippen MR) is 132 cm³/mol. The van der Waals surface area contributed by atoms with Gasteiger partial charge in [0.05, 0.1) is 22.2 Å². The van der Waals surface area contributed by atoms with Crippen molar-refractivity contribution in [2.75, 3.05) is 11.5 Å². The van der Waals surface area contributed by atoms with Crippen LogP contribution >= 0.6 is 11.3 Å². The van der Waals surface area contributed by atoms with Crippen LogP contribution in [-0.4, -0.2) is 39.3 Å². The molecule has 10 nitrogen and oxygen atoms in total. The van der Waals surface area contributed by atoms with Crippen molar-refractivity contribution in [1.82, 2.24) is 4.98 Å². The van der Waals surface area contributed by atoms with E-state index < -0.39 is 40.2 Å². The summed E-state index contributed by atoms with van der Waals surface area (Å²) in [5.41, 5.74) is -0.263. The van der Waals surface area contributed by atoms with Gasteiger partial charge in [0.15, 0.2) is 5.13 Å². The van der Waals surface area contributed by atoms with Crippen molar-refractivity contribution < 1.29 is 33.5 Å². The number of carbonyl (C=O) groups is 3. The molecule has 37 heavy (non-hydrogen) atoms. The molecule has 1 aromatic heterocycles. The molecule has 4 rings (SSSR count). The van der Waals surface area contributed by atoms with Crippen LogP contribution in [0.5, 0.6) is 0 Å². The Hall–Kier alpha value is -4.71. The van der Waals surface area contributed by atoms with E-state index in [0.717, 1.165) is 28.4 Å². The lowest BCUT2D eigenvalue weighted by Crippen LogP contribution is -2.29. The van der Waals surface area contributed by atoms with Gasteiger partial charge in [-0.15, -0.1) is 0 Å². The molecule has 0 radical (unpaired) electrons. The summed E-state index contributed by atoms with van der Waals surface area (Å²) in [6.07, 6.45) is 1.38. The van der Waals surface area contributed by atoms with Gasteiger partial charge in [-0.3, -0.25) is 24.6 Å². The van der Waals surface area contributed by atoms with E-state index in [0.29, 0.717) is 0 Å². The maximum absolute atomic E-state index is 13.5. The molecule has 1 saturated heterocycles. The molecule has 2 heterocycles. The van der Waals surface area contributed by atoms with Crippen LogP contribution in [0.25, 0.3) is 5.76 Å². The van der Waals surface area contributed by atoms with Gasteiger partial charge in [0, 0.05) is 17.7 Å². The third-order valence-electron chi connectivity index (χ3n) is 5.47. The number of nitrogens with zero attached hydrogens (tertiary/aromatic N) is 3. The molecule has 0 bridgehead atoms. The second-order valence-electron chi connectivity index (χ2n) is 7.83. The summed E-state index contributed by atoms with van der Waals surface area (Å²) in [7, 11) is 0. The number of non-ortho nitro benzene ring substituents is 1. The highest BCUT2D eigenvalue weighted by Gasteiger charge is 2.48. The maximum Gasteiger partial charge on any atom is 0.350 e. The third-order valence-corrected chi connectivity index (χ3v) is 6.60. The molecule has 0 saturated carbocycles. The second kappa shape index (κ2) is 10.1. The number of halogens is 1. The van der Waals surface area contributed by atoms with Gasteiger partial charge in [0.1, 0.15) is 23.1 Å². The van der Waals surface area contributed by atoms with E-state index in [-0.39, 0.29) is 44.7 Å². The summed E-state index contributed by atoms with van der Waals surface area (Å²) in [6.45, 7) is 4.94. The van der Waals surface area contributed by atoms with Crippen LogP contribution in [0, 0.1) is 22.9 Å². The van der Waals surface area contributed by atoms with E-state index in [1.165, 1.54) is 49.4 Å². The van der Waals surface area contributed by atoms with Crippen molar-refractivity contribution in [3.8, 4) is 0 Å². The van der Waals surface area contributed by atoms with Gasteiger partial charge < -0.3 is 9.84 Å². The van der Waals surface area contributed by atoms with Gasteiger partial charge in [-0.25, -0.2) is 14.2 Å². The molecule has 12 heteroatoms. The van der Waals surface area contributed by atoms with Crippen molar-refractivity contribution in [3.63, 3.8) is 0 Å². The first-order chi connectivity index (χ1) is 17.6. The van der Waals surface area contributed by atoms with Crippen LogP contribution in [-0.2, 0) is 14.3 Å². The number of esters is 1. The summed E-state index contributed by atoms with van der Waals surface area (Å²) in [5.74, 6) is -4.05. The fourth-order valence-corrected chi connectivity index (χ4v) is 4.78. The number of carbonyl (C=O) groups excluding carboxylic acids is 3. The highest BCUT2D eigenvalue weighted by Crippen LogP contribution is 2.44. The Morgan fingerprint density at radius 2 is 2.00 bits per heavy atom. The molecular weight excluding hydrogens is 505 g/mol. The van der Waals surface area contributed by atoms with Crippen molar-refractivity contribution in [1.29, 1.82) is 0 Å². The molecule has 1 amide bonds. The number of anilines is 1. The average molecular weight is 523 g/mol. The van der Waals surface area contributed by atoms with E-state index in [1.54, 1.807) is 0 Å². The number of nitro groups is 1. The van der Waals surface area contributed by atoms with Crippen molar-refractivity contribution >= 4 is 45.6 Å². The van der Waals surface area contributed by atoms with E-state index in [1.807, 2.05) is 0 Å². The Kier molecular flexibility index (Phi) is 6.94. The Morgan fingerprint density at radius 1 is 1.30 bits per heavy atom. The molecule has 1 fully saturated rings. The average Bonchev–Trinajstić information content (AvgIpc) is 3.39. The first-order valence-electron chi connectivity index (χ1n) is 10.7. The largest absolute Gasteiger partial charge is 0.507 e. The number of amides is 1. The van der Waals surface area contributed by atoms with Gasteiger partial charge in [-0.2, -0.15) is 0 Å². The molecule has 1 aliphatic rings. The molecule has 2 aromatic carbocycles. The number of ketones is 1. The minimum absolute atomic E-state index is 0.0542. The fourth-order valence-electron chi connectivity index (χ4n) is 3.79. The number of aromatic nitrogens is 1. The zero-order valence-electron chi connectivity index (χ0n) is 19.2. The van der Waals surface area contributed by atoms with E-state index in [2.05, 4.69) is 11.6 Å². The molecule has 188 valence electrons. The summed E-state index contributed by atoms with van der Waals surface area (Å²) in [5, 5.41) is 22.4. The van der Waals surface area contributed by atoms with Crippen LogP contribution in [0.1, 0.15) is 32.5 Å². The number of Topliss-reactive ketones (excluding diaryl/α,β-unsaturated/α-hetero) is 1. The fraction of sp³-hybridized carbons (Fsp3) is 0.120. The van der Waals surface area contributed by atoms with Gasteiger partial charge in [0.25, 0.3) is 11.5 Å². The maximum atomic E-state index is 13.5. The lowest BCUT2D eigenvalue weighted by atomic mass is 9.95. The minimum Gasteiger partial charge on any atom is -0.507 e. The Labute approximate surface area is 213 Å². The Bertz CT molecular complexity index is 1480. The van der Waals surface area contributed by atoms with Crippen LogP contribution < -0.4 is 4.90 Å². The molecule has 0 aliphatic carbocycles. The van der Waals surface area contributed by atoms with E-state index in [4.69, 9.17) is 4.74 Å². The molecule has 0 spiro atoms. The molecule has 1 unspecified atom stereocenters. The number of nitro benzene ring substituents is 1. The topological polar surface area (TPSA) is 140 Å². The quantitative estimate of drug-likeness (QED) is 0.0910. The number of aliphatic hydroxyl groups is 1. The van der Waals surface area contributed by atoms with Gasteiger partial charge in [0.2, 0.25) is 0 Å². The normalized spacial score (nSPS) is 16.6. The smallest absolute Gasteiger partial charge is 0.350 e. The monoisotopic (exact) mass is 523 g/mol. The second-order valence-corrected chi connectivity index (χ2v) is 8.80. The van der Waals surface area contributed by atoms with E-state index >= 15 is 0 Å². The van der Waals surface area contributed by atoms with Crippen LogP contribution in [0.3, 0.4) is 0 Å². The van der Waals surface area contributed by atoms with Crippen LogP contribution in [0.4, 0.5) is 15.2 Å². The first kappa shape index (κ1) is 25.4. The number of thiazole rings is 1. The lowest BCUT2D eigenvalue weighted by molar-refractivity contribution is -0.384. The zero-order chi connectivity index (χ0) is 26.9. The van der Waals surface area contributed by atoms with Crippen molar-refractivity contribution in [2.45, 2.75) is 13.0 Å². The van der Waals surface area contributed by atoms with Gasteiger partial charge in [-0.1, -0.05) is 36.1 Å². The van der Waals surface area contributed by atoms with Gasteiger partial charge >= 0.3 is 11.9 Å². The highest BCUT2D eigenvalue weighted by atomic mass is 32.1. The van der Waals surface area contributed by atoms with Crippen molar-refractivity contribution in [2.24, 2.45) is 0 Å². The number of aliphatic hydroxyl groups excluding tert-OH is 1. The van der Waals surface area contributed by atoms with E-state index in [9.17, 15) is 34.0 Å². The molecule has 1 aliphatic heterocycles. The van der Waals surface area contributed by atoms with Crippen LogP contribution in [0.2, 0.25) is 0 Å². The number of hydrogen-bond acceptors (Lipinski definition) is 9. The molecule has 1 atom stereocenters. The van der Waals surface area contributed by atoms with Crippen LogP contribution in [0.15, 0.2) is 66.8 Å². The zero-order valence-corrected chi connectivity index (χ0v) is 20.0. The van der Waals surface area contributed by atoms with Gasteiger partial charge in [-0.05, 0) is 36.8 Å². The number of benzene rings is 2. The SMILES string of the molecule is C=CCOC(=O)c1sc(N2C(=O)C(=O)/C(=C(/O)c3ccc(F)cc3)C2c2cccc([N+](=O)[O-])c2)nc1C. The first-order valence-corrected chi connectivity index (χ1v) is 11.5. The number of aryl methyl sites for hydroxylation is 1. The number of rotatable bonds is 7. The molecular formula is C25H18FN3O7S. The van der Waals surface area contributed by atoms with Crippen molar-refractivity contribution in [3.05, 3.63) is 104 Å². The number of ether oxygens (including phenoxy) is 1. The molecule has 3 aromatic rings. The Balaban J connectivity index is 1.92. The standard InChI is InChI=1S/C25H18FN3O7S/c1-3-11-36-24(33)22-13(2)27-25(37-22)28-19(15-5-4-6-17(12-15)29(34)35)18(21(31)23(28)32)20(30)14-7-9-16(26)10-8-14/h3-10,12,19,30H,1,11H2,2H3/b20-18+. The summed E-state index contributed by atoms with van der Waals surface area (Å²) in [6, 6.07) is 8.49. The minimum atomic E-state index is -1.33. The third kappa shape index (κ3) is 4.74. The molecule has 1 N–H and O–H groups in total. The summed E-state index contributed by atoms with van der Waals surface area (Å²) >= 11 is 0.787. The lowest BCUT2D eigenvalue weighted by Gasteiger charge is -2.22. The summed E-state index contributed by atoms with van der Waals surface area (Å²) < 4.78 is 18.5. The predicted octanol–water partition coefficient (Wildman–Crippen LogP) is 4.47. The number of hydrogen-bond donors (Lipinski definition) is 1. The summed E-state index contributed by atoms with van der Waals surface area (Å²) in [4.78, 5) is 55.0. The highest BCUT2D eigenvalue weighted by molar-refractivity contribution is 7.17.